The number of aromatic nitrogens is 2. The average Bonchev–Trinajstić information content (AvgIpc) is 3.12. The third-order valence-electron chi connectivity index (χ3n) is 4.09. The summed E-state index contributed by atoms with van der Waals surface area (Å²) >= 11 is 13.9. The van der Waals surface area contributed by atoms with Crippen molar-refractivity contribution in [3.63, 3.8) is 0 Å². The monoisotopic (exact) mass is 501 g/mol. The van der Waals surface area contributed by atoms with Gasteiger partial charge in [0.15, 0.2) is 0 Å². The molecular formula is C19H21Cl2N5O3S2. The second-order valence-corrected chi connectivity index (χ2v) is 10.5. The Bertz CT molecular complexity index is 1230. The van der Waals surface area contributed by atoms with E-state index in [1.807, 2.05) is 13.8 Å². The molecule has 31 heavy (non-hydrogen) atoms. The van der Waals surface area contributed by atoms with Crippen LogP contribution in [-0.4, -0.2) is 36.1 Å². The molecule has 12 heteroatoms. The molecule has 0 saturated carbocycles. The molecule has 1 aromatic carbocycles. The number of rotatable bonds is 8. The first kappa shape index (κ1) is 23.5. The van der Waals surface area contributed by atoms with E-state index in [-0.39, 0.29) is 33.2 Å². The fraction of sp³-hybridized carbons (Fsp3) is 0.316. The van der Waals surface area contributed by atoms with Crippen molar-refractivity contribution in [1.82, 2.24) is 9.97 Å². The van der Waals surface area contributed by atoms with Crippen molar-refractivity contribution in [2.24, 2.45) is 0 Å². The Kier molecular flexibility index (Phi) is 7.25. The van der Waals surface area contributed by atoms with Gasteiger partial charge in [0.1, 0.15) is 12.1 Å². The molecule has 0 radical (unpaired) electrons. The van der Waals surface area contributed by atoms with Gasteiger partial charge in [-0.25, -0.2) is 18.4 Å². The first-order valence-corrected chi connectivity index (χ1v) is 12.7. The molecule has 0 aliphatic heterocycles. The van der Waals surface area contributed by atoms with Gasteiger partial charge in [0, 0.05) is 11.4 Å². The number of hydrogen-bond acceptors (Lipinski definition) is 7. The Morgan fingerprint density at radius 1 is 1.23 bits per heavy atom. The number of amides is 1. The molecule has 1 amide bonds. The highest BCUT2D eigenvalue weighted by molar-refractivity contribution is 7.92. The van der Waals surface area contributed by atoms with Crippen LogP contribution < -0.4 is 15.4 Å². The molecule has 0 bridgehead atoms. The lowest BCUT2D eigenvalue weighted by molar-refractivity contribution is 0.102. The number of fused-ring (bicyclic) bond motifs is 1. The molecule has 3 rings (SSSR count). The third kappa shape index (κ3) is 5.38. The predicted molar refractivity (Wildman–Crippen MR) is 128 cm³/mol. The zero-order valence-electron chi connectivity index (χ0n) is 17.0. The molecule has 0 unspecified atom stereocenters. The van der Waals surface area contributed by atoms with Crippen molar-refractivity contribution >= 4 is 77.9 Å². The Balaban J connectivity index is 1.93. The van der Waals surface area contributed by atoms with Crippen LogP contribution in [0, 0.1) is 0 Å². The fourth-order valence-electron chi connectivity index (χ4n) is 2.80. The summed E-state index contributed by atoms with van der Waals surface area (Å²) in [4.78, 5) is 21.5. The molecule has 0 fully saturated rings. The van der Waals surface area contributed by atoms with E-state index in [0.717, 1.165) is 4.70 Å². The molecular weight excluding hydrogens is 481 g/mol. The molecule has 3 aromatic rings. The number of sulfonamides is 1. The maximum absolute atomic E-state index is 13.0. The van der Waals surface area contributed by atoms with Crippen LogP contribution in [0.25, 0.3) is 10.2 Å². The Labute approximate surface area is 194 Å². The molecule has 0 saturated heterocycles. The van der Waals surface area contributed by atoms with E-state index in [1.165, 1.54) is 29.8 Å². The number of thiophene rings is 1. The maximum Gasteiger partial charge on any atom is 0.258 e. The summed E-state index contributed by atoms with van der Waals surface area (Å²) in [5.41, 5.74) is 1.07. The third-order valence-corrected chi connectivity index (χ3v) is 7.25. The zero-order chi connectivity index (χ0) is 22.8. The van der Waals surface area contributed by atoms with E-state index >= 15 is 0 Å². The maximum atomic E-state index is 13.0. The summed E-state index contributed by atoms with van der Waals surface area (Å²) < 4.78 is 27.4. The molecule has 2 heterocycles. The van der Waals surface area contributed by atoms with Crippen LogP contribution in [-0.2, 0) is 10.0 Å². The lowest BCUT2D eigenvalue weighted by atomic mass is 10.2. The minimum absolute atomic E-state index is 0.00291. The first-order valence-electron chi connectivity index (χ1n) is 9.41. The minimum Gasteiger partial charge on any atom is -0.367 e. The number of benzene rings is 1. The van der Waals surface area contributed by atoms with Crippen molar-refractivity contribution < 1.29 is 13.2 Å². The topological polar surface area (TPSA) is 113 Å². The van der Waals surface area contributed by atoms with E-state index in [2.05, 4.69) is 25.3 Å². The second kappa shape index (κ2) is 9.56. The van der Waals surface area contributed by atoms with Crippen molar-refractivity contribution in [2.75, 3.05) is 21.1 Å². The molecule has 2 aromatic heterocycles. The fourth-order valence-corrected chi connectivity index (χ4v) is 5.47. The first-order chi connectivity index (χ1) is 14.6. The zero-order valence-corrected chi connectivity index (χ0v) is 20.1. The van der Waals surface area contributed by atoms with E-state index in [9.17, 15) is 13.2 Å². The lowest BCUT2D eigenvalue weighted by Gasteiger charge is -2.14. The van der Waals surface area contributed by atoms with E-state index in [4.69, 9.17) is 23.2 Å². The van der Waals surface area contributed by atoms with Crippen LogP contribution in [0.2, 0.25) is 10.0 Å². The van der Waals surface area contributed by atoms with Crippen LogP contribution in [0.15, 0.2) is 23.8 Å². The van der Waals surface area contributed by atoms with Crippen LogP contribution in [0.1, 0.15) is 37.6 Å². The van der Waals surface area contributed by atoms with Gasteiger partial charge in [0.25, 0.3) is 5.91 Å². The number of anilines is 3. The van der Waals surface area contributed by atoms with Gasteiger partial charge in [-0.15, -0.1) is 11.3 Å². The summed E-state index contributed by atoms with van der Waals surface area (Å²) in [5, 5.41) is 7.75. The van der Waals surface area contributed by atoms with Crippen molar-refractivity contribution in [2.45, 2.75) is 33.2 Å². The van der Waals surface area contributed by atoms with Gasteiger partial charge in [-0.05, 0) is 32.4 Å². The van der Waals surface area contributed by atoms with Crippen molar-refractivity contribution in [3.05, 3.63) is 39.4 Å². The highest BCUT2D eigenvalue weighted by Gasteiger charge is 2.21. The SMILES string of the molecule is CCCS(=O)(=O)Nc1ccc(Cl)c(NC(=O)c2csc3c(NC(C)C)ncnc23)c1Cl. The number of hydrogen-bond donors (Lipinski definition) is 3. The lowest BCUT2D eigenvalue weighted by Crippen LogP contribution is -2.17. The normalized spacial score (nSPS) is 11.7. The number of carbonyl (C=O) groups is 1. The van der Waals surface area contributed by atoms with Gasteiger partial charge in [0.05, 0.1) is 43.0 Å². The molecule has 166 valence electrons. The molecule has 0 aliphatic rings. The quantitative estimate of drug-likeness (QED) is 0.389. The van der Waals surface area contributed by atoms with Crippen LogP contribution in [0.5, 0.6) is 0 Å². The minimum atomic E-state index is -3.56. The van der Waals surface area contributed by atoms with E-state index in [0.29, 0.717) is 23.3 Å². The molecule has 0 spiro atoms. The summed E-state index contributed by atoms with van der Waals surface area (Å²) in [6, 6.07) is 3.07. The summed E-state index contributed by atoms with van der Waals surface area (Å²) in [6.07, 6.45) is 1.84. The summed E-state index contributed by atoms with van der Waals surface area (Å²) in [5.74, 6) is 0.117. The van der Waals surface area contributed by atoms with Gasteiger partial charge in [-0.3, -0.25) is 9.52 Å². The van der Waals surface area contributed by atoms with Gasteiger partial charge in [0.2, 0.25) is 10.0 Å². The molecule has 0 atom stereocenters. The van der Waals surface area contributed by atoms with Gasteiger partial charge >= 0.3 is 0 Å². The number of carbonyl (C=O) groups excluding carboxylic acids is 1. The number of nitrogens with one attached hydrogen (secondary N) is 3. The number of halogens is 2. The Hall–Kier alpha value is -2.14. The smallest absolute Gasteiger partial charge is 0.258 e. The van der Waals surface area contributed by atoms with E-state index in [1.54, 1.807) is 12.3 Å². The molecule has 0 aliphatic carbocycles. The van der Waals surface area contributed by atoms with Crippen LogP contribution in [0.4, 0.5) is 17.2 Å². The van der Waals surface area contributed by atoms with Crippen molar-refractivity contribution in [3.8, 4) is 0 Å². The van der Waals surface area contributed by atoms with E-state index < -0.39 is 15.9 Å². The Morgan fingerprint density at radius 2 is 1.97 bits per heavy atom. The van der Waals surface area contributed by atoms with Crippen LogP contribution >= 0.6 is 34.5 Å². The number of nitrogens with zero attached hydrogens (tertiary/aromatic N) is 2. The largest absolute Gasteiger partial charge is 0.367 e. The molecule has 8 nitrogen and oxygen atoms in total. The summed E-state index contributed by atoms with van der Waals surface area (Å²) in [7, 11) is -3.56. The van der Waals surface area contributed by atoms with Crippen molar-refractivity contribution in [1.29, 1.82) is 0 Å². The highest BCUT2D eigenvalue weighted by atomic mass is 35.5. The molecule has 3 N–H and O–H groups in total. The highest BCUT2D eigenvalue weighted by Crippen LogP contribution is 2.38. The predicted octanol–water partition coefficient (Wildman–Crippen LogP) is 5.22. The summed E-state index contributed by atoms with van der Waals surface area (Å²) in [6.45, 7) is 5.73. The van der Waals surface area contributed by atoms with Gasteiger partial charge < -0.3 is 10.6 Å². The average molecular weight is 502 g/mol. The second-order valence-electron chi connectivity index (χ2n) is 7.01. The van der Waals surface area contributed by atoms with Crippen LogP contribution in [0.3, 0.4) is 0 Å². The Morgan fingerprint density at radius 3 is 2.65 bits per heavy atom. The standard InChI is InChI=1S/C19H21Cl2N5O3S2/c1-4-7-31(28,29)26-13-6-5-12(20)16(14(13)21)25-19(27)11-8-30-17-15(11)22-9-23-18(17)24-10(2)3/h5-6,8-10,26H,4,7H2,1-3H3,(H,25,27)(H,22,23,24). The van der Waals surface area contributed by atoms with Gasteiger partial charge in [-0.1, -0.05) is 30.1 Å². The van der Waals surface area contributed by atoms with Gasteiger partial charge in [-0.2, -0.15) is 0 Å².